The van der Waals surface area contributed by atoms with Crippen LogP contribution in [0, 0.1) is 13.8 Å². The van der Waals surface area contributed by atoms with E-state index in [2.05, 4.69) is 9.97 Å². The van der Waals surface area contributed by atoms with Crippen molar-refractivity contribution in [3.8, 4) is 0 Å². The van der Waals surface area contributed by atoms with Gasteiger partial charge in [0.15, 0.2) is 0 Å². The fraction of sp³-hybridized carbons (Fsp3) is 0.100. The monoisotopic (exact) mass is 478 g/mol. The fourth-order valence-electron chi connectivity index (χ4n) is 2.40. The van der Waals surface area contributed by atoms with Gasteiger partial charge in [-0.05, 0) is 38.1 Å². The van der Waals surface area contributed by atoms with Gasteiger partial charge in [0, 0.05) is 0 Å². The third-order valence-electron chi connectivity index (χ3n) is 4.19. The highest BCUT2D eigenvalue weighted by molar-refractivity contribution is 7.87. The topological polar surface area (TPSA) is 152 Å². The van der Waals surface area contributed by atoms with Crippen molar-refractivity contribution in [2.75, 3.05) is 0 Å². The van der Waals surface area contributed by atoms with Crippen LogP contribution in [0.15, 0.2) is 67.9 Å². The largest absolute Gasteiger partial charge is 0.384 e. The van der Waals surface area contributed by atoms with Gasteiger partial charge in [-0.1, -0.05) is 35.4 Å². The zero-order valence-electron chi connectivity index (χ0n) is 16.9. The molecule has 2 aromatic carbocycles. The standard InChI is InChI=1S/C20H18N2O8S2/c1-13-3-7-15(8-4-13)31(25,26)29-11-17-19(23)22-18(20(24)21-17)12-30-32(27,28)16-9-5-14(2)6-10-16/h3-12H,1-2H3,(H,21,24)(H,22,23)/b17-11+,18-12+. The number of hydrogen-bond acceptors (Lipinski definition) is 8. The summed E-state index contributed by atoms with van der Waals surface area (Å²) in [5.74, 6) is 0. The highest BCUT2D eigenvalue weighted by Gasteiger charge is 2.15. The molecule has 0 bridgehead atoms. The zero-order chi connectivity index (χ0) is 23.5. The number of aryl methyl sites for hydroxylation is 2. The van der Waals surface area contributed by atoms with Crippen LogP contribution in [0.25, 0.3) is 12.5 Å². The smallest absolute Gasteiger partial charge is 0.338 e. The van der Waals surface area contributed by atoms with E-state index in [-0.39, 0.29) is 9.79 Å². The molecule has 0 aliphatic rings. The van der Waals surface area contributed by atoms with E-state index in [1.54, 1.807) is 38.1 Å². The molecule has 168 valence electrons. The molecule has 32 heavy (non-hydrogen) atoms. The average molecular weight is 479 g/mol. The van der Waals surface area contributed by atoms with Crippen LogP contribution >= 0.6 is 0 Å². The number of aromatic nitrogens is 2. The van der Waals surface area contributed by atoms with E-state index in [9.17, 15) is 26.4 Å². The van der Waals surface area contributed by atoms with Gasteiger partial charge < -0.3 is 18.3 Å². The molecule has 3 rings (SSSR count). The molecule has 0 saturated heterocycles. The molecule has 3 aromatic rings. The van der Waals surface area contributed by atoms with Gasteiger partial charge in [0.25, 0.3) is 11.1 Å². The Morgan fingerprint density at radius 1 is 0.625 bits per heavy atom. The number of aromatic amines is 2. The summed E-state index contributed by atoms with van der Waals surface area (Å²) >= 11 is 0. The van der Waals surface area contributed by atoms with Crippen LogP contribution in [-0.4, -0.2) is 26.8 Å². The molecular formula is C20H18N2O8S2. The SMILES string of the molecule is Cc1ccc(S(=O)(=O)O/C=c2/[nH]c(=O)/c(=C\OS(=O)(=O)c3ccc(C)cc3)[nH]c2=O)cc1. The summed E-state index contributed by atoms with van der Waals surface area (Å²) in [7, 11) is -8.44. The molecule has 0 aliphatic heterocycles. The van der Waals surface area contributed by atoms with E-state index < -0.39 is 42.1 Å². The number of H-pyrrole nitrogens is 2. The zero-order valence-corrected chi connectivity index (χ0v) is 18.5. The minimum atomic E-state index is -4.22. The summed E-state index contributed by atoms with van der Waals surface area (Å²) in [6.07, 6.45) is 1.15. The number of hydrogen-bond donors (Lipinski definition) is 2. The summed E-state index contributed by atoms with van der Waals surface area (Å²) in [6.45, 7) is 3.56. The van der Waals surface area contributed by atoms with Gasteiger partial charge in [-0.3, -0.25) is 9.59 Å². The molecule has 0 unspecified atom stereocenters. The Balaban J connectivity index is 1.89. The van der Waals surface area contributed by atoms with Crippen molar-refractivity contribution in [1.82, 2.24) is 9.97 Å². The second kappa shape index (κ2) is 8.85. The average Bonchev–Trinajstić information content (AvgIpc) is 2.74. The Kier molecular flexibility index (Phi) is 6.37. The molecule has 10 nitrogen and oxygen atoms in total. The third kappa shape index (κ3) is 5.34. The Bertz CT molecular complexity index is 1460. The van der Waals surface area contributed by atoms with Gasteiger partial charge in [0.2, 0.25) is 0 Å². The quantitative estimate of drug-likeness (QED) is 0.469. The van der Waals surface area contributed by atoms with Gasteiger partial charge in [-0.15, -0.1) is 0 Å². The van der Waals surface area contributed by atoms with Crippen molar-refractivity contribution in [2.45, 2.75) is 23.6 Å². The molecule has 1 aromatic heterocycles. The normalized spacial score (nSPS) is 13.2. The highest BCUT2D eigenvalue weighted by Crippen LogP contribution is 2.14. The third-order valence-corrected chi connectivity index (χ3v) is 6.59. The minimum absolute atomic E-state index is 0.141. The Hall–Kier alpha value is -3.64. The molecule has 0 spiro atoms. The fourth-order valence-corrected chi connectivity index (χ4v) is 4.01. The summed E-state index contributed by atoms with van der Waals surface area (Å²) in [6, 6.07) is 11.6. The first-order chi connectivity index (χ1) is 15.0. The summed E-state index contributed by atoms with van der Waals surface area (Å²) in [5, 5.41) is -0.992. The van der Waals surface area contributed by atoms with E-state index in [0.29, 0.717) is 12.5 Å². The maximum atomic E-state index is 12.2. The van der Waals surface area contributed by atoms with Crippen LogP contribution in [0.2, 0.25) is 0 Å². The van der Waals surface area contributed by atoms with Gasteiger partial charge >= 0.3 is 20.2 Å². The van der Waals surface area contributed by atoms with Crippen LogP contribution in [-0.2, 0) is 28.6 Å². The first-order valence-corrected chi connectivity index (χ1v) is 11.8. The Morgan fingerprint density at radius 2 is 0.938 bits per heavy atom. The van der Waals surface area contributed by atoms with Crippen LogP contribution < -0.4 is 21.8 Å². The van der Waals surface area contributed by atoms with E-state index in [0.717, 1.165) is 11.1 Å². The first kappa shape index (κ1) is 23.0. The van der Waals surface area contributed by atoms with Crippen molar-refractivity contribution in [1.29, 1.82) is 0 Å². The van der Waals surface area contributed by atoms with Crippen molar-refractivity contribution < 1.29 is 25.2 Å². The van der Waals surface area contributed by atoms with Crippen molar-refractivity contribution in [2.24, 2.45) is 0 Å². The van der Waals surface area contributed by atoms with Crippen LogP contribution in [0.1, 0.15) is 11.1 Å². The van der Waals surface area contributed by atoms with Gasteiger partial charge in [0.1, 0.15) is 33.0 Å². The van der Waals surface area contributed by atoms with E-state index in [1.165, 1.54) is 24.3 Å². The second-order valence-corrected chi connectivity index (χ2v) is 9.84. The molecule has 1 heterocycles. The summed E-state index contributed by atoms with van der Waals surface area (Å²) < 4.78 is 58.2. The van der Waals surface area contributed by atoms with Crippen molar-refractivity contribution in [3.63, 3.8) is 0 Å². The predicted molar refractivity (Wildman–Crippen MR) is 115 cm³/mol. The number of benzene rings is 2. The lowest BCUT2D eigenvalue weighted by molar-refractivity contribution is 0.471. The molecule has 0 radical (unpaired) electrons. The lowest BCUT2D eigenvalue weighted by Gasteiger charge is -2.03. The van der Waals surface area contributed by atoms with E-state index in [4.69, 9.17) is 8.37 Å². The van der Waals surface area contributed by atoms with Crippen LogP contribution in [0.4, 0.5) is 0 Å². The van der Waals surface area contributed by atoms with E-state index in [1.807, 2.05) is 0 Å². The Morgan fingerprint density at radius 3 is 1.25 bits per heavy atom. The minimum Gasteiger partial charge on any atom is -0.384 e. The molecular weight excluding hydrogens is 460 g/mol. The molecule has 0 atom stereocenters. The first-order valence-electron chi connectivity index (χ1n) is 9.01. The Labute approximate surface area is 182 Å². The number of rotatable bonds is 6. The molecule has 0 aliphatic carbocycles. The molecule has 2 N–H and O–H groups in total. The molecule has 12 heteroatoms. The molecule has 0 saturated carbocycles. The van der Waals surface area contributed by atoms with Crippen LogP contribution in [0.5, 0.6) is 0 Å². The second-order valence-electron chi connectivity index (χ2n) is 6.70. The van der Waals surface area contributed by atoms with Crippen LogP contribution in [0.3, 0.4) is 0 Å². The van der Waals surface area contributed by atoms with E-state index >= 15 is 0 Å². The summed E-state index contributed by atoms with van der Waals surface area (Å²) in [5.41, 5.74) is -0.197. The summed E-state index contributed by atoms with van der Waals surface area (Å²) in [4.78, 5) is 28.3. The highest BCUT2D eigenvalue weighted by atomic mass is 32.2. The van der Waals surface area contributed by atoms with Crippen molar-refractivity contribution >= 4 is 32.8 Å². The lowest BCUT2D eigenvalue weighted by atomic mass is 10.2. The van der Waals surface area contributed by atoms with Gasteiger partial charge in [-0.2, -0.15) is 16.8 Å². The maximum Gasteiger partial charge on any atom is 0.338 e. The molecule has 0 amide bonds. The van der Waals surface area contributed by atoms with Gasteiger partial charge in [0.05, 0.1) is 0 Å². The van der Waals surface area contributed by atoms with Crippen molar-refractivity contribution in [3.05, 3.63) is 91.1 Å². The van der Waals surface area contributed by atoms with Gasteiger partial charge in [-0.25, -0.2) is 0 Å². The molecule has 0 fully saturated rings. The maximum absolute atomic E-state index is 12.2. The lowest BCUT2D eigenvalue weighted by Crippen LogP contribution is -2.47. The number of nitrogens with one attached hydrogen (secondary N) is 2. The predicted octanol–water partition coefficient (Wildman–Crippen LogP) is -0.0330.